The molecule has 0 unspecified atom stereocenters. The van der Waals surface area contributed by atoms with E-state index >= 15 is 0 Å². The summed E-state index contributed by atoms with van der Waals surface area (Å²) < 4.78 is 3.35. The van der Waals surface area contributed by atoms with Gasteiger partial charge in [-0.15, -0.1) is 0 Å². The third-order valence-electron chi connectivity index (χ3n) is 4.78. The summed E-state index contributed by atoms with van der Waals surface area (Å²) in [6.45, 7) is 3.38. The minimum Gasteiger partial charge on any atom is -0.480 e. The number of fused-ring (bicyclic) bond motifs is 1. The molecule has 134 valence electrons. The van der Waals surface area contributed by atoms with Gasteiger partial charge >= 0.3 is 11.7 Å². The van der Waals surface area contributed by atoms with E-state index in [2.05, 4.69) is 0 Å². The lowest BCUT2D eigenvalue weighted by atomic mass is 10.2. The van der Waals surface area contributed by atoms with Crippen LogP contribution in [0.4, 0.5) is 0 Å². The number of carbonyl (C=O) groups excluding carboxylic acids is 1. The molecule has 0 spiro atoms. The van der Waals surface area contributed by atoms with E-state index in [1.54, 1.807) is 9.13 Å². The van der Waals surface area contributed by atoms with Gasteiger partial charge in [0, 0.05) is 26.1 Å². The van der Waals surface area contributed by atoms with Crippen LogP contribution in [-0.2, 0) is 22.7 Å². The molecule has 1 saturated heterocycles. The Morgan fingerprint density at radius 3 is 2.40 bits per heavy atom. The molecule has 1 aromatic heterocycles. The summed E-state index contributed by atoms with van der Waals surface area (Å²) in [7, 11) is 0. The second-order valence-electron chi connectivity index (χ2n) is 6.41. The second-order valence-corrected chi connectivity index (χ2v) is 6.41. The molecule has 25 heavy (non-hydrogen) atoms. The number of nitrogens with zero attached hydrogens (tertiary/aromatic N) is 3. The van der Waals surface area contributed by atoms with Gasteiger partial charge in [-0.3, -0.25) is 13.9 Å². The summed E-state index contributed by atoms with van der Waals surface area (Å²) in [5, 5.41) is 9.21. The van der Waals surface area contributed by atoms with Crippen LogP contribution in [0.3, 0.4) is 0 Å². The average Bonchev–Trinajstić information content (AvgIpc) is 3.18. The van der Waals surface area contributed by atoms with Crippen LogP contribution >= 0.6 is 0 Å². The lowest BCUT2D eigenvalue weighted by Crippen LogP contribution is -2.41. The van der Waals surface area contributed by atoms with Gasteiger partial charge in [0.15, 0.2) is 0 Å². The van der Waals surface area contributed by atoms with Gasteiger partial charge in [-0.1, -0.05) is 19.1 Å². The van der Waals surface area contributed by atoms with E-state index < -0.39 is 12.0 Å². The van der Waals surface area contributed by atoms with E-state index in [-0.39, 0.29) is 24.6 Å². The van der Waals surface area contributed by atoms with E-state index in [9.17, 15) is 19.5 Å². The number of carboxylic acid groups (broad SMARTS) is 1. The molecule has 3 rings (SSSR count). The van der Waals surface area contributed by atoms with Crippen molar-refractivity contribution in [2.24, 2.45) is 0 Å². The molecule has 0 radical (unpaired) electrons. The van der Waals surface area contributed by atoms with E-state index in [1.165, 1.54) is 4.90 Å². The maximum atomic E-state index is 12.7. The molecule has 0 bridgehead atoms. The third kappa shape index (κ3) is 3.18. The van der Waals surface area contributed by atoms with Crippen molar-refractivity contribution in [3.8, 4) is 0 Å². The van der Waals surface area contributed by atoms with Gasteiger partial charge in [0.2, 0.25) is 5.91 Å². The first kappa shape index (κ1) is 17.3. The number of aromatic nitrogens is 2. The zero-order valence-corrected chi connectivity index (χ0v) is 14.4. The Morgan fingerprint density at radius 1 is 1.16 bits per heavy atom. The molecule has 1 aliphatic rings. The van der Waals surface area contributed by atoms with E-state index in [1.807, 2.05) is 31.2 Å². The average molecular weight is 345 g/mol. The Bertz CT molecular complexity index is 852. The highest BCUT2D eigenvalue weighted by Gasteiger charge is 2.33. The molecule has 1 fully saturated rings. The molecule has 7 nitrogen and oxygen atoms in total. The van der Waals surface area contributed by atoms with Crippen LogP contribution < -0.4 is 5.69 Å². The highest BCUT2D eigenvalue weighted by molar-refractivity contribution is 5.84. The Morgan fingerprint density at radius 2 is 1.80 bits per heavy atom. The zero-order chi connectivity index (χ0) is 18.0. The maximum Gasteiger partial charge on any atom is 0.329 e. The number of carbonyl (C=O) groups is 2. The SMILES string of the molecule is CCCn1c(=O)n(CCC(=O)N2CCC[C@H]2C(=O)O)c2ccccc21. The number of hydrogen-bond donors (Lipinski definition) is 1. The number of imidazole rings is 1. The Balaban J connectivity index is 1.82. The zero-order valence-electron chi connectivity index (χ0n) is 14.4. The van der Waals surface area contributed by atoms with Crippen LogP contribution in [-0.4, -0.2) is 43.6 Å². The minimum absolute atomic E-state index is 0.118. The highest BCUT2D eigenvalue weighted by atomic mass is 16.4. The number of hydrogen-bond acceptors (Lipinski definition) is 3. The quantitative estimate of drug-likeness (QED) is 0.863. The number of benzene rings is 1. The standard InChI is InChI=1S/C18H23N3O4/c1-2-10-20-13-6-3-4-7-14(13)21(18(20)25)12-9-16(22)19-11-5-8-15(19)17(23)24/h3-4,6-7,15H,2,5,8-12H2,1H3,(H,23,24)/t15-/m0/s1. The molecule has 2 heterocycles. The van der Waals surface area contributed by atoms with Crippen LogP contribution in [0, 0.1) is 0 Å². The number of aryl methyl sites for hydroxylation is 2. The molecule has 0 aliphatic carbocycles. The monoisotopic (exact) mass is 345 g/mol. The first-order valence-corrected chi connectivity index (χ1v) is 8.75. The number of rotatable bonds is 6. The number of para-hydroxylation sites is 2. The lowest BCUT2D eigenvalue weighted by molar-refractivity contribution is -0.148. The van der Waals surface area contributed by atoms with Crippen molar-refractivity contribution < 1.29 is 14.7 Å². The molecule has 1 aliphatic heterocycles. The maximum absolute atomic E-state index is 12.7. The molecule has 1 aromatic carbocycles. The predicted octanol–water partition coefficient (Wildman–Crippen LogP) is 1.68. The van der Waals surface area contributed by atoms with Gasteiger partial charge in [0.05, 0.1) is 11.0 Å². The summed E-state index contributed by atoms with van der Waals surface area (Å²) in [6, 6.07) is 6.82. The third-order valence-corrected chi connectivity index (χ3v) is 4.78. The van der Waals surface area contributed by atoms with Gasteiger partial charge in [-0.2, -0.15) is 0 Å². The van der Waals surface area contributed by atoms with Crippen molar-refractivity contribution in [1.29, 1.82) is 0 Å². The largest absolute Gasteiger partial charge is 0.480 e. The fourth-order valence-electron chi connectivity index (χ4n) is 3.60. The fraction of sp³-hybridized carbons (Fsp3) is 0.500. The summed E-state index contributed by atoms with van der Waals surface area (Å²) in [6.07, 6.45) is 2.18. The van der Waals surface area contributed by atoms with Crippen LogP contribution in [0.5, 0.6) is 0 Å². The Labute approximate surface area is 145 Å². The van der Waals surface area contributed by atoms with Gasteiger partial charge in [-0.25, -0.2) is 9.59 Å². The van der Waals surface area contributed by atoms with Crippen molar-refractivity contribution in [1.82, 2.24) is 14.0 Å². The van der Waals surface area contributed by atoms with Crippen molar-refractivity contribution in [3.63, 3.8) is 0 Å². The number of carboxylic acids is 1. The first-order chi connectivity index (χ1) is 12.0. The summed E-state index contributed by atoms with van der Waals surface area (Å²) in [4.78, 5) is 37.8. The molecule has 7 heteroatoms. The number of aliphatic carboxylic acids is 1. The van der Waals surface area contributed by atoms with E-state index in [0.29, 0.717) is 25.9 Å². The normalized spacial score (nSPS) is 17.3. The predicted molar refractivity (Wildman–Crippen MR) is 93.5 cm³/mol. The highest BCUT2D eigenvalue weighted by Crippen LogP contribution is 2.19. The second kappa shape index (κ2) is 7.13. The van der Waals surface area contributed by atoms with E-state index in [0.717, 1.165) is 17.5 Å². The molecule has 1 amide bonds. The number of amides is 1. The van der Waals surface area contributed by atoms with E-state index in [4.69, 9.17) is 0 Å². The van der Waals surface area contributed by atoms with Crippen molar-refractivity contribution in [2.45, 2.75) is 51.7 Å². The van der Waals surface area contributed by atoms with Crippen LogP contribution in [0.15, 0.2) is 29.1 Å². The van der Waals surface area contributed by atoms with Crippen LogP contribution in [0.2, 0.25) is 0 Å². The smallest absolute Gasteiger partial charge is 0.329 e. The van der Waals surface area contributed by atoms with Crippen LogP contribution in [0.1, 0.15) is 32.6 Å². The number of likely N-dealkylation sites (tertiary alicyclic amines) is 1. The topological polar surface area (TPSA) is 84.5 Å². The molecular weight excluding hydrogens is 322 g/mol. The first-order valence-electron chi connectivity index (χ1n) is 8.75. The van der Waals surface area contributed by atoms with Gasteiger partial charge < -0.3 is 10.0 Å². The van der Waals surface area contributed by atoms with Crippen molar-refractivity contribution >= 4 is 22.9 Å². The van der Waals surface area contributed by atoms with Gasteiger partial charge in [0.25, 0.3) is 0 Å². The van der Waals surface area contributed by atoms with Gasteiger partial charge in [0.1, 0.15) is 6.04 Å². The van der Waals surface area contributed by atoms with Crippen molar-refractivity contribution in [3.05, 3.63) is 34.7 Å². The van der Waals surface area contributed by atoms with Gasteiger partial charge in [-0.05, 0) is 31.4 Å². The fourth-order valence-corrected chi connectivity index (χ4v) is 3.60. The Kier molecular flexibility index (Phi) is 4.92. The summed E-state index contributed by atoms with van der Waals surface area (Å²) in [5.74, 6) is -1.16. The summed E-state index contributed by atoms with van der Waals surface area (Å²) in [5.41, 5.74) is 1.56. The molecule has 1 atom stereocenters. The summed E-state index contributed by atoms with van der Waals surface area (Å²) >= 11 is 0. The molecule has 0 saturated carbocycles. The lowest BCUT2D eigenvalue weighted by Gasteiger charge is -2.21. The minimum atomic E-state index is -0.956. The van der Waals surface area contributed by atoms with Crippen molar-refractivity contribution in [2.75, 3.05) is 6.54 Å². The molecule has 1 N–H and O–H groups in total. The Hall–Kier alpha value is -2.57. The molecule has 2 aromatic rings. The van der Waals surface area contributed by atoms with Crippen LogP contribution in [0.25, 0.3) is 11.0 Å². The molecular formula is C18H23N3O4.